The monoisotopic (exact) mass is 319 g/mol. The molecule has 1 aliphatic heterocycles. The smallest absolute Gasteiger partial charge is 0.317 e. The molecule has 1 atom stereocenters. The number of carbonyl (C=O) groups is 2. The molecule has 1 aliphatic rings. The summed E-state index contributed by atoms with van der Waals surface area (Å²) in [6.45, 7) is 6.92. The van der Waals surface area contributed by atoms with E-state index in [0.717, 1.165) is 13.1 Å². The van der Waals surface area contributed by atoms with Gasteiger partial charge < -0.3 is 20.2 Å². The fraction of sp³-hybridized carbons (Fsp3) is 0.529. The van der Waals surface area contributed by atoms with Crippen LogP contribution in [0.3, 0.4) is 0 Å². The maximum atomic E-state index is 12.1. The van der Waals surface area contributed by atoms with Gasteiger partial charge in [0, 0.05) is 38.4 Å². The van der Waals surface area contributed by atoms with E-state index in [2.05, 4.69) is 35.3 Å². The molecular weight excluding hydrogens is 294 g/mol. The zero-order valence-electron chi connectivity index (χ0n) is 13.8. The molecule has 2 rings (SSSR count). The number of carbonyl (C=O) groups excluding carboxylic acids is 1. The normalized spacial score (nSPS) is 16.1. The van der Waals surface area contributed by atoms with Crippen molar-refractivity contribution >= 4 is 17.7 Å². The van der Waals surface area contributed by atoms with E-state index in [9.17, 15) is 9.59 Å². The summed E-state index contributed by atoms with van der Waals surface area (Å²) >= 11 is 0. The Kier molecular flexibility index (Phi) is 5.84. The molecule has 6 nitrogen and oxygen atoms in total. The predicted molar refractivity (Wildman–Crippen MR) is 89.8 cm³/mol. The van der Waals surface area contributed by atoms with E-state index < -0.39 is 11.9 Å². The second-order valence-electron chi connectivity index (χ2n) is 5.94. The molecule has 0 aliphatic carbocycles. The van der Waals surface area contributed by atoms with E-state index in [1.165, 1.54) is 11.3 Å². The predicted octanol–water partition coefficient (Wildman–Crippen LogP) is 1.94. The first-order valence-electron chi connectivity index (χ1n) is 8.08. The summed E-state index contributed by atoms with van der Waals surface area (Å²) in [5.74, 6) is -1.38. The van der Waals surface area contributed by atoms with Crippen LogP contribution in [0.25, 0.3) is 0 Å². The maximum absolute atomic E-state index is 12.1. The van der Waals surface area contributed by atoms with E-state index in [4.69, 9.17) is 5.11 Å². The molecule has 2 amide bonds. The first-order chi connectivity index (χ1) is 11.0. The van der Waals surface area contributed by atoms with E-state index in [-0.39, 0.29) is 12.6 Å². The zero-order chi connectivity index (χ0) is 16.8. The van der Waals surface area contributed by atoms with Crippen LogP contribution in [0, 0.1) is 12.8 Å². The number of aryl methyl sites for hydroxylation is 1. The summed E-state index contributed by atoms with van der Waals surface area (Å²) in [5.41, 5.74) is 2.41. The molecule has 1 heterocycles. The minimum Gasteiger partial charge on any atom is -0.481 e. The van der Waals surface area contributed by atoms with Crippen molar-refractivity contribution in [2.45, 2.75) is 20.3 Å². The van der Waals surface area contributed by atoms with Gasteiger partial charge in [-0.15, -0.1) is 0 Å². The quantitative estimate of drug-likeness (QED) is 0.870. The maximum Gasteiger partial charge on any atom is 0.317 e. The molecule has 1 unspecified atom stereocenters. The third kappa shape index (κ3) is 4.61. The van der Waals surface area contributed by atoms with Gasteiger partial charge in [-0.05, 0) is 31.0 Å². The molecular formula is C17H25N3O3. The molecule has 126 valence electrons. The molecule has 0 bridgehead atoms. The molecule has 6 heteroatoms. The van der Waals surface area contributed by atoms with Gasteiger partial charge in [0.2, 0.25) is 0 Å². The number of carboxylic acids is 1. The van der Waals surface area contributed by atoms with Gasteiger partial charge in [-0.2, -0.15) is 0 Å². The lowest BCUT2D eigenvalue weighted by atomic mass is 10.1. The molecule has 0 aromatic heterocycles. The lowest BCUT2D eigenvalue weighted by molar-refractivity contribution is -0.141. The Balaban J connectivity index is 1.82. The number of anilines is 1. The Morgan fingerprint density at radius 1 is 1.26 bits per heavy atom. The average molecular weight is 319 g/mol. The number of rotatable bonds is 5. The number of hydrogen-bond acceptors (Lipinski definition) is 3. The van der Waals surface area contributed by atoms with Crippen molar-refractivity contribution < 1.29 is 14.7 Å². The standard InChI is InChI=1S/C17H25N3O3/c1-3-14(16(21)22)12-18-17(23)20-9-7-19(8-10-20)15-6-4-5-13(2)11-15/h4-6,11,14H,3,7-10,12H2,1-2H3,(H,18,23)(H,21,22). The van der Waals surface area contributed by atoms with Crippen molar-refractivity contribution in [3.63, 3.8) is 0 Å². The molecule has 0 saturated carbocycles. The highest BCUT2D eigenvalue weighted by molar-refractivity contribution is 5.76. The van der Waals surface area contributed by atoms with Crippen LogP contribution < -0.4 is 10.2 Å². The number of hydrogen-bond donors (Lipinski definition) is 2. The van der Waals surface area contributed by atoms with E-state index >= 15 is 0 Å². The minimum absolute atomic E-state index is 0.173. The number of benzene rings is 1. The van der Waals surface area contributed by atoms with Gasteiger partial charge in [0.1, 0.15) is 0 Å². The molecule has 1 saturated heterocycles. The second kappa shape index (κ2) is 7.85. The van der Waals surface area contributed by atoms with Gasteiger partial charge in [-0.1, -0.05) is 19.1 Å². The van der Waals surface area contributed by atoms with Gasteiger partial charge in [-0.25, -0.2) is 4.79 Å². The fourth-order valence-corrected chi connectivity index (χ4v) is 2.72. The average Bonchev–Trinajstić information content (AvgIpc) is 2.55. The van der Waals surface area contributed by atoms with Gasteiger partial charge in [0.15, 0.2) is 0 Å². The van der Waals surface area contributed by atoms with Crippen LogP contribution in [-0.2, 0) is 4.79 Å². The van der Waals surface area contributed by atoms with Crippen molar-refractivity contribution in [3.8, 4) is 0 Å². The first-order valence-corrected chi connectivity index (χ1v) is 8.08. The molecule has 1 aromatic rings. The summed E-state index contributed by atoms with van der Waals surface area (Å²) in [4.78, 5) is 27.1. The number of nitrogens with one attached hydrogen (secondary N) is 1. The Morgan fingerprint density at radius 3 is 2.52 bits per heavy atom. The van der Waals surface area contributed by atoms with Crippen LogP contribution in [0.5, 0.6) is 0 Å². The number of urea groups is 1. The van der Waals surface area contributed by atoms with Crippen LogP contribution in [0.2, 0.25) is 0 Å². The number of nitrogens with zero attached hydrogens (tertiary/aromatic N) is 2. The lowest BCUT2D eigenvalue weighted by Gasteiger charge is -2.36. The zero-order valence-corrected chi connectivity index (χ0v) is 13.8. The second-order valence-corrected chi connectivity index (χ2v) is 5.94. The van der Waals surface area contributed by atoms with Crippen molar-refractivity contribution in [3.05, 3.63) is 29.8 Å². The van der Waals surface area contributed by atoms with Crippen LogP contribution in [-0.4, -0.2) is 54.7 Å². The summed E-state index contributed by atoms with van der Waals surface area (Å²) < 4.78 is 0. The van der Waals surface area contributed by atoms with Gasteiger partial charge in [-0.3, -0.25) is 4.79 Å². The van der Waals surface area contributed by atoms with Gasteiger partial charge in [0.05, 0.1) is 5.92 Å². The first kappa shape index (κ1) is 17.1. The van der Waals surface area contributed by atoms with Crippen molar-refractivity contribution in [1.82, 2.24) is 10.2 Å². The molecule has 23 heavy (non-hydrogen) atoms. The summed E-state index contributed by atoms with van der Waals surface area (Å²) in [6.07, 6.45) is 0.511. The number of aliphatic carboxylic acids is 1. The largest absolute Gasteiger partial charge is 0.481 e. The van der Waals surface area contributed by atoms with E-state index in [1.54, 1.807) is 4.90 Å². The third-order valence-corrected chi connectivity index (χ3v) is 4.28. The van der Waals surface area contributed by atoms with Crippen LogP contribution in [0.15, 0.2) is 24.3 Å². The Morgan fingerprint density at radius 2 is 1.96 bits per heavy atom. The highest BCUT2D eigenvalue weighted by Crippen LogP contribution is 2.17. The summed E-state index contributed by atoms with van der Waals surface area (Å²) in [5, 5.41) is 11.7. The molecule has 2 N–H and O–H groups in total. The van der Waals surface area contributed by atoms with Crippen LogP contribution >= 0.6 is 0 Å². The molecule has 1 aromatic carbocycles. The van der Waals surface area contributed by atoms with Gasteiger partial charge in [0.25, 0.3) is 0 Å². The lowest BCUT2D eigenvalue weighted by Crippen LogP contribution is -2.52. The van der Waals surface area contributed by atoms with Crippen molar-refractivity contribution in [2.24, 2.45) is 5.92 Å². The van der Waals surface area contributed by atoms with E-state index in [1.807, 2.05) is 13.0 Å². The minimum atomic E-state index is -0.864. The number of amides is 2. The van der Waals surface area contributed by atoms with E-state index in [0.29, 0.717) is 19.5 Å². The number of carboxylic acid groups (broad SMARTS) is 1. The Bertz CT molecular complexity index is 554. The van der Waals surface area contributed by atoms with Crippen LogP contribution in [0.4, 0.5) is 10.5 Å². The van der Waals surface area contributed by atoms with Crippen molar-refractivity contribution in [2.75, 3.05) is 37.6 Å². The van der Waals surface area contributed by atoms with Crippen LogP contribution in [0.1, 0.15) is 18.9 Å². The molecule has 1 fully saturated rings. The summed E-state index contributed by atoms with van der Waals surface area (Å²) in [7, 11) is 0. The fourth-order valence-electron chi connectivity index (χ4n) is 2.72. The third-order valence-electron chi connectivity index (χ3n) is 4.28. The topological polar surface area (TPSA) is 72.9 Å². The Hall–Kier alpha value is -2.24. The molecule has 0 radical (unpaired) electrons. The SMILES string of the molecule is CCC(CNC(=O)N1CCN(c2cccc(C)c2)CC1)C(=O)O. The summed E-state index contributed by atoms with van der Waals surface area (Å²) in [6, 6.07) is 8.17. The highest BCUT2D eigenvalue weighted by Gasteiger charge is 2.23. The molecule has 0 spiro atoms. The number of piperazine rings is 1. The van der Waals surface area contributed by atoms with Gasteiger partial charge >= 0.3 is 12.0 Å². The highest BCUT2D eigenvalue weighted by atomic mass is 16.4. The Labute approximate surface area is 137 Å². The van der Waals surface area contributed by atoms with Crippen molar-refractivity contribution in [1.29, 1.82) is 0 Å².